The van der Waals surface area contributed by atoms with Crippen LogP contribution in [0.4, 0.5) is 0 Å². The molecule has 1 atom stereocenters. The highest BCUT2D eigenvalue weighted by Crippen LogP contribution is 2.28. The minimum absolute atomic E-state index is 0.259. The van der Waals surface area contributed by atoms with Crippen LogP contribution in [0.15, 0.2) is 0 Å². The third-order valence-corrected chi connectivity index (χ3v) is 1.99. The lowest BCUT2D eigenvalue weighted by Gasteiger charge is -2.02. The summed E-state index contributed by atoms with van der Waals surface area (Å²) < 4.78 is 0. The first kappa shape index (κ1) is 5.80. The van der Waals surface area contributed by atoms with E-state index in [-0.39, 0.29) is 5.92 Å². The Bertz CT molecular complexity index is 107. The molecule has 0 aromatic carbocycles. The van der Waals surface area contributed by atoms with Gasteiger partial charge in [-0.25, -0.2) is 0 Å². The summed E-state index contributed by atoms with van der Waals surface area (Å²) in [6.07, 6.45) is 1.81. The molecule has 1 unspecified atom stereocenters. The monoisotopic (exact) mass is 111 g/mol. The van der Waals surface area contributed by atoms with Crippen LogP contribution in [0.2, 0.25) is 0 Å². The van der Waals surface area contributed by atoms with Crippen LogP contribution in [0.1, 0.15) is 26.7 Å². The van der Waals surface area contributed by atoms with E-state index in [2.05, 4.69) is 6.92 Å². The quantitative estimate of drug-likeness (QED) is 0.464. The minimum atomic E-state index is 0.259. The molecule has 45 valence electrons. The van der Waals surface area contributed by atoms with Crippen molar-refractivity contribution in [3.8, 4) is 0 Å². The molecule has 1 heteroatoms. The molecule has 0 heterocycles. The van der Waals surface area contributed by atoms with Gasteiger partial charge in [-0.1, -0.05) is 13.8 Å². The molecule has 0 aromatic rings. The Kier molecular flexibility index (Phi) is 1.37. The molecule has 0 N–H and O–H groups in total. The van der Waals surface area contributed by atoms with Crippen molar-refractivity contribution in [2.45, 2.75) is 26.7 Å². The molecule has 0 aliphatic heterocycles. The van der Waals surface area contributed by atoms with Gasteiger partial charge in [0.05, 0.1) is 0 Å². The first-order chi connectivity index (χ1) is 3.72. The summed E-state index contributed by atoms with van der Waals surface area (Å²) in [5.41, 5.74) is 0. The molecular formula is C7H11O. The van der Waals surface area contributed by atoms with Crippen molar-refractivity contribution in [3.05, 3.63) is 5.92 Å². The zero-order chi connectivity index (χ0) is 6.15. The fourth-order valence-electron chi connectivity index (χ4n) is 1.03. The second-order valence-electron chi connectivity index (χ2n) is 2.53. The molecule has 0 saturated heterocycles. The number of Topliss-reactive ketones (excluding diaryl/α,β-unsaturated/α-hetero) is 1. The Labute approximate surface area is 50.1 Å². The lowest BCUT2D eigenvalue weighted by molar-refractivity contribution is -0.119. The predicted octanol–water partition coefficient (Wildman–Crippen LogP) is 1.58. The summed E-state index contributed by atoms with van der Waals surface area (Å²) in [4.78, 5) is 10.8. The number of rotatable bonds is 0. The molecule has 0 spiro atoms. The van der Waals surface area contributed by atoms with Gasteiger partial charge in [0.2, 0.25) is 0 Å². The van der Waals surface area contributed by atoms with Crippen molar-refractivity contribution in [3.63, 3.8) is 0 Å². The maximum absolute atomic E-state index is 10.8. The largest absolute Gasteiger partial charge is 0.299 e. The highest BCUT2D eigenvalue weighted by atomic mass is 16.1. The third kappa shape index (κ3) is 0.770. The number of carbonyl (C=O) groups excluding carboxylic acids is 1. The van der Waals surface area contributed by atoms with Crippen molar-refractivity contribution in [2.24, 2.45) is 5.92 Å². The van der Waals surface area contributed by atoms with Crippen molar-refractivity contribution in [2.75, 3.05) is 0 Å². The molecule has 8 heavy (non-hydrogen) atoms. The van der Waals surface area contributed by atoms with Crippen molar-refractivity contribution in [1.29, 1.82) is 0 Å². The Balaban J connectivity index is 2.56. The highest BCUT2D eigenvalue weighted by molar-refractivity contribution is 5.85. The molecular weight excluding hydrogens is 100 g/mol. The molecule has 0 aromatic heterocycles. The zero-order valence-corrected chi connectivity index (χ0v) is 5.40. The first-order valence-electron chi connectivity index (χ1n) is 3.07. The van der Waals surface area contributed by atoms with Gasteiger partial charge in [0.15, 0.2) is 0 Å². The molecule has 0 amide bonds. The average Bonchev–Trinajstić information content (AvgIpc) is 1.98. The van der Waals surface area contributed by atoms with Crippen LogP contribution in [-0.2, 0) is 4.79 Å². The van der Waals surface area contributed by atoms with E-state index in [9.17, 15) is 4.79 Å². The molecule has 1 saturated carbocycles. The van der Waals surface area contributed by atoms with E-state index in [1.54, 1.807) is 0 Å². The second-order valence-corrected chi connectivity index (χ2v) is 2.53. The molecule has 1 rings (SSSR count). The number of hydrogen-bond acceptors (Lipinski definition) is 1. The highest BCUT2D eigenvalue weighted by Gasteiger charge is 2.27. The lowest BCUT2D eigenvalue weighted by Crippen LogP contribution is -2.04. The van der Waals surface area contributed by atoms with E-state index in [0.717, 1.165) is 12.8 Å². The maximum atomic E-state index is 10.8. The van der Waals surface area contributed by atoms with Gasteiger partial charge in [0.1, 0.15) is 5.78 Å². The Hall–Kier alpha value is -0.330. The standard InChI is InChI=1S/C7H11O/c1-5-3-4-7(8)6(5)2/h6H,3-4H2,1-2H3. The van der Waals surface area contributed by atoms with Crippen LogP contribution in [0, 0.1) is 11.8 Å². The molecule has 0 bridgehead atoms. The van der Waals surface area contributed by atoms with Crippen LogP contribution in [-0.4, -0.2) is 5.78 Å². The summed E-state index contributed by atoms with van der Waals surface area (Å²) in [5, 5.41) is 0. The van der Waals surface area contributed by atoms with E-state index in [0.29, 0.717) is 5.78 Å². The van der Waals surface area contributed by atoms with Crippen LogP contribution >= 0.6 is 0 Å². The van der Waals surface area contributed by atoms with Gasteiger partial charge in [0.25, 0.3) is 0 Å². The van der Waals surface area contributed by atoms with Crippen LogP contribution in [0.25, 0.3) is 0 Å². The molecule has 1 nitrogen and oxygen atoms in total. The fourth-order valence-corrected chi connectivity index (χ4v) is 1.03. The van der Waals surface area contributed by atoms with Gasteiger partial charge in [-0.05, 0) is 12.3 Å². The van der Waals surface area contributed by atoms with Gasteiger partial charge < -0.3 is 0 Å². The smallest absolute Gasteiger partial charge is 0.136 e. The Morgan fingerprint density at radius 2 is 2.12 bits per heavy atom. The maximum Gasteiger partial charge on any atom is 0.136 e. The molecule has 1 fully saturated rings. The summed E-state index contributed by atoms with van der Waals surface area (Å²) >= 11 is 0. The van der Waals surface area contributed by atoms with Crippen LogP contribution in [0.3, 0.4) is 0 Å². The van der Waals surface area contributed by atoms with Crippen LogP contribution < -0.4 is 0 Å². The van der Waals surface area contributed by atoms with E-state index < -0.39 is 0 Å². The summed E-state index contributed by atoms with van der Waals surface area (Å²) in [5.74, 6) is 2.03. The molecule has 1 aliphatic rings. The topological polar surface area (TPSA) is 17.1 Å². The van der Waals surface area contributed by atoms with E-state index in [4.69, 9.17) is 0 Å². The van der Waals surface area contributed by atoms with Crippen molar-refractivity contribution >= 4 is 5.78 Å². The number of hydrogen-bond donors (Lipinski definition) is 0. The minimum Gasteiger partial charge on any atom is -0.299 e. The van der Waals surface area contributed by atoms with Gasteiger partial charge in [0, 0.05) is 12.3 Å². The van der Waals surface area contributed by atoms with Crippen LogP contribution in [0.5, 0.6) is 0 Å². The van der Waals surface area contributed by atoms with Crippen molar-refractivity contribution < 1.29 is 4.79 Å². The van der Waals surface area contributed by atoms with E-state index >= 15 is 0 Å². The molecule has 1 aliphatic carbocycles. The zero-order valence-electron chi connectivity index (χ0n) is 5.40. The van der Waals surface area contributed by atoms with Crippen molar-refractivity contribution in [1.82, 2.24) is 0 Å². The van der Waals surface area contributed by atoms with E-state index in [1.165, 1.54) is 5.92 Å². The summed E-state index contributed by atoms with van der Waals surface area (Å²) in [6, 6.07) is 0. The summed E-state index contributed by atoms with van der Waals surface area (Å²) in [6.45, 7) is 4.06. The normalized spacial score (nSPS) is 31.8. The second kappa shape index (κ2) is 1.88. The predicted molar refractivity (Wildman–Crippen MR) is 32.3 cm³/mol. The summed E-state index contributed by atoms with van der Waals surface area (Å²) in [7, 11) is 0. The van der Waals surface area contributed by atoms with Gasteiger partial charge in [-0.2, -0.15) is 0 Å². The van der Waals surface area contributed by atoms with E-state index in [1.807, 2.05) is 6.92 Å². The number of carbonyl (C=O) groups is 1. The van der Waals surface area contributed by atoms with Gasteiger partial charge >= 0.3 is 0 Å². The first-order valence-corrected chi connectivity index (χ1v) is 3.07. The SMILES string of the molecule is C[C]1CCC(=O)C1C. The Morgan fingerprint density at radius 1 is 1.50 bits per heavy atom. The fraction of sp³-hybridized carbons (Fsp3) is 0.714. The van der Waals surface area contributed by atoms with Gasteiger partial charge in [-0.3, -0.25) is 4.79 Å². The number of ketones is 1. The van der Waals surface area contributed by atoms with Gasteiger partial charge in [-0.15, -0.1) is 0 Å². The average molecular weight is 111 g/mol. The third-order valence-electron chi connectivity index (χ3n) is 1.99. The Morgan fingerprint density at radius 3 is 2.25 bits per heavy atom. The lowest BCUT2D eigenvalue weighted by atomic mass is 10.0. The molecule has 1 radical (unpaired) electrons.